The molecule has 0 heterocycles. The summed E-state index contributed by atoms with van der Waals surface area (Å²) in [5.41, 5.74) is 0. The van der Waals surface area contributed by atoms with Gasteiger partial charge < -0.3 is 0 Å². The van der Waals surface area contributed by atoms with Crippen LogP contribution in [0.25, 0.3) is 0 Å². The van der Waals surface area contributed by atoms with Gasteiger partial charge in [0, 0.05) is 0 Å². The highest BCUT2D eigenvalue weighted by Crippen LogP contribution is 1.87. The van der Waals surface area contributed by atoms with Gasteiger partial charge >= 0.3 is 0 Å². The van der Waals surface area contributed by atoms with Gasteiger partial charge in [-0.25, -0.2) is 9.78 Å². The first-order chi connectivity index (χ1) is 3.91. The van der Waals surface area contributed by atoms with Crippen molar-refractivity contribution in [3.8, 4) is 0 Å². The molecule has 0 saturated carbocycles. The summed E-state index contributed by atoms with van der Waals surface area (Å²) in [5, 5.41) is 15.5. The average Bonchev–Trinajstić information content (AvgIpc) is 1.81. The Hall–Kier alpha value is -0.160. The van der Waals surface area contributed by atoms with E-state index in [0.29, 0.717) is 26.1 Å². The van der Waals surface area contributed by atoms with E-state index in [0.717, 1.165) is 0 Å². The molecule has 4 heteroatoms. The second-order valence-electron chi connectivity index (χ2n) is 1.37. The van der Waals surface area contributed by atoms with Crippen molar-refractivity contribution in [1.82, 2.24) is 0 Å². The number of rotatable bonds is 5. The molecule has 0 aromatic rings. The summed E-state index contributed by atoms with van der Waals surface area (Å²) >= 11 is 0. The zero-order valence-corrected chi connectivity index (χ0v) is 4.54. The first-order valence-electron chi connectivity index (χ1n) is 2.44. The molecular weight excluding hydrogens is 112 g/mol. The summed E-state index contributed by atoms with van der Waals surface area (Å²) < 4.78 is 0. The standard InChI is InChI=1S/C4H10O4/c5-7-3-1-2-4-8-6/h5-6H,1-4H2. The van der Waals surface area contributed by atoms with Gasteiger partial charge in [0.25, 0.3) is 0 Å². The molecule has 0 bridgehead atoms. The van der Waals surface area contributed by atoms with Crippen LogP contribution in [0.2, 0.25) is 0 Å². The quantitative estimate of drug-likeness (QED) is 0.321. The van der Waals surface area contributed by atoms with E-state index in [1.807, 2.05) is 0 Å². The van der Waals surface area contributed by atoms with Crippen molar-refractivity contribution in [1.29, 1.82) is 0 Å². The fourth-order valence-electron chi connectivity index (χ4n) is 0.333. The van der Waals surface area contributed by atoms with Gasteiger partial charge in [-0.15, -0.1) is 0 Å². The van der Waals surface area contributed by atoms with Crippen LogP contribution in [-0.4, -0.2) is 23.7 Å². The van der Waals surface area contributed by atoms with Gasteiger partial charge in [-0.05, 0) is 12.8 Å². The van der Waals surface area contributed by atoms with Crippen LogP contribution in [0.4, 0.5) is 0 Å². The van der Waals surface area contributed by atoms with Crippen LogP contribution in [0, 0.1) is 0 Å². The van der Waals surface area contributed by atoms with Crippen LogP contribution in [0.3, 0.4) is 0 Å². The van der Waals surface area contributed by atoms with Crippen molar-refractivity contribution in [2.24, 2.45) is 0 Å². The Morgan fingerprint density at radius 1 is 0.875 bits per heavy atom. The minimum Gasteiger partial charge on any atom is -0.252 e. The van der Waals surface area contributed by atoms with Crippen molar-refractivity contribution in [3.63, 3.8) is 0 Å². The third-order valence-electron chi connectivity index (χ3n) is 0.721. The maximum absolute atomic E-state index is 7.76. The van der Waals surface area contributed by atoms with E-state index >= 15 is 0 Å². The Labute approximate surface area is 47.5 Å². The molecule has 0 unspecified atom stereocenters. The molecule has 0 aromatic carbocycles. The second kappa shape index (κ2) is 6.84. The van der Waals surface area contributed by atoms with Crippen LogP contribution in [-0.2, 0) is 9.78 Å². The second-order valence-corrected chi connectivity index (χ2v) is 1.37. The highest BCUT2D eigenvalue weighted by molar-refractivity contribution is 4.32. The van der Waals surface area contributed by atoms with Gasteiger partial charge in [0.2, 0.25) is 0 Å². The smallest absolute Gasteiger partial charge is 0.0820 e. The predicted octanol–water partition coefficient (Wildman–Crippen LogP) is 0.746. The number of unbranched alkanes of at least 4 members (excludes halogenated alkanes) is 1. The molecule has 0 aliphatic heterocycles. The summed E-state index contributed by atoms with van der Waals surface area (Å²) in [7, 11) is 0. The van der Waals surface area contributed by atoms with Crippen LogP contribution in [0.1, 0.15) is 12.8 Å². The molecule has 0 fully saturated rings. The van der Waals surface area contributed by atoms with E-state index in [1.165, 1.54) is 0 Å². The molecular formula is C4H10O4. The molecule has 0 aliphatic carbocycles. The average molecular weight is 122 g/mol. The monoisotopic (exact) mass is 122 g/mol. The van der Waals surface area contributed by atoms with Crippen molar-refractivity contribution < 1.29 is 20.3 Å². The predicted molar refractivity (Wildman–Crippen MR) is 26.4 cm³/mol. The fourth-order valence-corrected chi connectivity index (χ4v) is 0.333. The zero-order valence-electron chi connectivity index (χ0n) is 4.54. The Morgan fingerprint density at radius 2 is 1.25 bits per heavy atom. The first kappa shape index (κ1) is 7.84. The van der Waals surface area contributed by atoms with Gasteiger partial charge in [0.1, 0.15) is 0 Å². The Bertz CT molecular complexity index is 33.0. The summed E-state index contributed by atoms with van der Waals surface area (Å²) in [6.07, 6.45) is 1.38. The minimum absolute atomic E-state index is 0.295. The van der Waals surface area contributed by atoms with E-state index in [9.17, 15) is 0 Å². The zero-order chi connectivity index (χ0) is 6.24. The lowest BCUT2D eigenvalue weighted by Gasteiger charge is -1.93. The molecule has 0 aromatic heterocycles. The van der Waals surface area contributed by atoms with Gasteiger partial charge in [0.15, 0.2) is 0 Å². The van der Waals surface area contributed by atoms with Crippen molar-refractivity contribution in [2.45, 2.75) is 12.8 Å². The highest BCUT2D eigenvalue weighted by atomic mass is 17.1. The molecule has 0 rings (SSSR count). The topological polar surface area (TPSA) is 58.9 Å². The first-order valence-corrected chi connectivity index (χ1v) is 2.44. The van der Waals surface area contributed by atoms with Crippen molar-refractivity contribution >= 4 is 0 Å². The van der Waals surface area contributed by atoms with E-state index in [2.05, 4.69) is 9.78 Å². The maximum Gasteiger partial charge on any atom is 0.0820 e. The molecule has 4 nitrogen and oxygen atoms in total. The lowest BCUT2D eigenvalue weighted by Crippen LogP contribution is -1.93. The van der Waals surface area contributed by atoms with Crippen molar-refractivity contribution in [2.75, 3.05) is 13.2 Å². The van der Waals surface area contributed by atoms with Gasteiger partial charge in [0.05, 0.1) is 13.2 Å². The Kier molecular flexibility index (Phi) is 6.70. The Balaban J connectivity index is 2.53. The van der Waals surface area contributed by atoms with Gasteiger partial charge in [-0.3, -0.25) is 10.5 Å². The summed E-state index contributed by atoms with van der Waals surface area (Å²) in [4.78, 5) is 7.50. The normalized spacial score (nSPS) is 9.75. The fraction of sp³-hybridized carbons (Fsp3) is 1.00. The van der Waals surface area contributed by atoms with Crippen LogP contribution < -0.4 is 0 Å². The maximum atomic E-state index is 7.76. The molecule has 0 spiro atoms. The largest absolute Gasteiger partial charge is 0.252 e. The Morgan fingerprint density at radius 3 is 1.50 bits per heavy atom. The van der Waals surface area contributed by atoms with E-state index < -0.39 is 0 Å². The van der Waals surface area contributed by atoms with E-state index in [1.54, 1.807) is 0 Å². The lowest BCUT2D eigenvalue weighted by molar-refractivity contribution is -0.253. The third kappa shape index (κ3) is 5.84. The minimum atomic E-state index is 0.295. The molecule has 50 valence electrons. The summed E-state index contributed by atoms with van der Waals surface area (Å²) in [6.45, 7) is 0.590. The van der Waals surface area contributed by atoms with E-state index in [-0.39, 0.29) is 0 Å². The van der Waals surface area contributed by atoms with Crippen molar-refractivity contribution in [3.05, 3.63) is 0 Å². The molecule has 0 radical (unpaired) electrons. The SMILES string of the molecule is OOCCCCOO. The number of hydrogen-bond acceptors (Lipinski definition) is 4. The van der Waals surface area contributed by atoms with Gasteiger partial charge in [-0.1, -0.05) is 0 Å². The lowest BCUT2D eigenvalue weighted by atomic mass is 10.3. The molecule has 0 atom stereocenters. The van der Waals surface area contributed by atoms with Crippen LogP contribution in [0.15, 0.2) is 0 Å². The highest BCUT2D eigenvalue weighted by Gasteiger charge is 1.85. The van der Waals surface area contributed by atoms with Gasteiger partial charge in [-0.2, -0.15) is 0 Å². The van der Waals surface area contributed by atoms with Crippen LogP contribution in [0.5, 0.6) is 0 Å². The molecule has 8 heavy (non-hydrogen) atoms. The molecule has 0 saturated heterocycles. The molecule has 2 N–H and O–H groups in total. The molecule has 0 amide bonds. The summed E-state index contributed by atoms with van der Waals surface area (Å²) in [6, 6.07) is 0. The van der Waals surface area contributed by atoms with Crippen LogP contribution >= 0.6 is 0 Å². The number of hydrogen-bond donors (Lipinski definition) is 2. The summed E-state index contributed by atoms with van der Waals surface area (Å²) in [5.74, 6) is 0. The molecule has 0 aliphatic rings. The third-order valence-corrected chi connectivity index (χ3v) is 0.721. The van der Waals surface area contributed by atoms with E-state index in [4.69, 9.17) is 10.5 Å².